The van der Waals surface area contributed by atoms with Crippen LogP contribution >= 0.6 is 0 Å². The molecule has 1 heterocycles. The van der Waals surface area contributed by atoms with E-state index in [9.17, 15) is 4.79 Å². The fourth-order valence-corrected chi connectivity index (χ4v) is 2.23. The van der Waals surface area contributed by atoms with E-state index in [1.165, 1.54) is 25.9 Å². The van der Waals surface area contributed by atoms with Gasteiger partial charge in [0.2, 0.25) is 0 Å². The van der Waals surface area contributed by atoms with E-state index in [-0.39, 0.29) is 12.7 Å². The largest absolute Gasteiger partial charge is 0.444 e. The molecule has 5 nitrogen and oxygen atoms in total. The Bertz CT molecular complexity index is 270. The van der Waals surface area contributed by atoms with Crippen LogP contribution in [0.15, 0.2) is 0 Å². The fourth-order valence-electron chi connectivity index (χ4n) is 2.23. The van der Waals surface area contributed by atoms with Crippen molar-refractivity contribution in [3.05, 3.63) is 0 Å². The summed E-state index contributed by atoms with van der Waals surface area (Å²) < 4.78 is 5.34. The summed E-state index contributed by atoms with van der Waals surface area (Å²) >= 11 is 0. The molecule has 0 aromatic heterocycles. The Morgan fingerprint density at radius 1 is 1.26 bits per heavy atom. The van der Waals surface area contributed by atoms with Crippen LogP contribution in [0.1, 0.15) is 40.0 Å². The van der Waals surface area contributed by atoms with Crippen LogP contribution in [0.3, 0.4) is 0 Å². The van der Waals surface area contributed by atoms with Gasteiger partial charge in [-0.05, 0) is 59.7 Å². The highest BCUT2D eigenvalue weighted by Crippen LogP contribution is 2.11. The van der Waals surface area contributed by atoms with Crippen molar-refractivity contribution in [2.45, 2.75) is 45.6 Å². The number of nitrogens with zero attached hydrogens (tertiary/aromatic N) is 2. The second kappa shape index (κ2) is 7.70. The third-order valence-electron chi connectivity index (χ3n) is 3.12. The van der Waals surface area contributed by atoms with Gasteiger partial charge >= 0.3 is 6.09 Å². The lowest BCUT2D eigenvalue weighted by Crippen LogP contribution is -2.39. The van der Waals surface area contributed by atoms with E-state index >= 15 is 0 Å². The lowest BCUT2D eigenvalue weighted by Gasteiger charge is -2.27. The molecule has 0 saturated carbocycles. The second-order valence-corrected chi connectivity index (χ2v) is 6.09. The Kier molecular flexibility index (Phi) is 6.58. The minimum Gasteiger partial charge on any atom is -0.444 e. The van der Waals surface area contributed by atoms with Gasteiger partial charge in [-0.2, -0.15) is 0 Å². The molecule has 1 saturated heterocycles. The molecule has 1 amide bonds. The molecule has 1 aliphatic rings. The van der Waals surface area contributed by atoms with Gasteiger partial charge in [-0.1, -0.05) is 0 Å². The molecule has 0 bridgehead atoms. The smallest absolute Gasteiger partial charge is 0.410 e. The highest BCUT2D eigenvalue weighted by molar-refractivity contribution is 5.68. The topological polar surface area (TPSA) is 53.0 Å². The molecule has 0 atom stereocenters. The van der Waals surface area contributed by atoms with E-state index < -0.39 is 5.60 Å². The number of carbonyl (C=O) groups excluding carboxylic acids is 1. The summed E-state index contributed by atoms with van der Waals surface area (Å²) in [6.45, 7) is 9.89. The van der Waals surface area contributed by atoms with E-state index in [4.69, 9.17) is 9.84 Å². The van der Waals surface area contributed by atoms with Crippen LogP contribution in [0.5, 0.6) is 0 Å². The Hall–Kier alpha value is -0.810. The average Bonchev–Trinajstić information content (AvgIpc) is 2.78. The first kappa shape index (κ1) is 16.2. The number of rotatable bonds is 6. The zero-order valence-corrected chi connectivity index (χ0v) is 12.5. The lowest BCUT2D eigenvalue weighted by atomic mass is 10.2. The summed E-state index contributed by atoms with van der Waals surface area (Å²) in [6.07, 6.45) is 3.17. The summed E-state index contributed by atoms with van der Waals surface area (Å²) in [5.41, 5.74) is -0.486. The molecule has 0 aromatic carbocycles. The van der Waals surface area contributed by atoms with Gasteiger partial charge in [0.15, 0.2) is 0 Å². The number of carbonyl (C=O) groups is 1. The molecule has 1 rings (SSSR count). The van der Waals surface area contributed by atoms with Gasteiger partial charge in [0.25, 0.3) is 0 Å². The third kappa shape index (κ3) is 6.78. The quantitative estimate of drug-likeness (QED) is 0.799. The minimum absolute atomic E-state index is 0.0248. The molecular formula is C14H28N2O3. The van der Waals surface area contributed by atoms with Crippen LogP contribution in [0.2, 0.25) is 0 Å². The number of aliphatic hydroxyl groups excluding tert-OH is 1. The number of hydrogen-bond acceptors (Lipinski definition) is 4. The van der Waals surface area contributed by atoms with Crippen LogP contribution in [0.25, 0.3) is 0 Å². The van der Waals surface area contributed by atoms with Gasteiger partial charge in [-0.25, -0.2) is 4.79 Å². The normalized spacial score (nSPS) is 16.6. The summed E-state index contributed by atoms with van der Waals surface area (Å²) in [4.78, 5) is 16.0. The highest BCUT2D eigenvalue weighted by atomic mass is 16.6. The summed E-state index contributed by atoms with van der Waals surface area (Å²) in [5, 5.41) is 9.03. The Balaban J connectivity index is 2.32. The number of likely N-dealkylation sites (tertiary alicyclic amines) is 1. The van der Waals surface area contributed by atoms with Crippen molar-refractivity contribution in [3.8, 4) is 0 Å². The van der Waals surface area contributed by atoms with Crippen molar-refractivity contribution >= 4 is 6.09 Å². The van der Waals surface area contributed by atoms with E-state index in [0.29, 0.717) is 13.1 Å². The van der Waals surface area contributed by atoms with E-state index in [1.807, 2.05) is 20.8 Å². The first-order chi connectivity index (χ1) is 8.92. The van der Waals surface area contributed by atoms with Crippen molar-refractivity contribution in [1.29, 1.82) is 0 Å². The van der Waals surface area contributed by atoms with Crippen LogP contribution in [0.4, 0.5) is 4.79 Å². The van der Waals surface area contributed by atoms with Crippen molar-refractivity contribution in [2.75, 3.05) is 39.3 Å². The summed E-state index contributed by atoms with van der Waals surface area (Å²) in [6, 6.07) is 0. The number of ether oxygens (including phenoxy) is 1. The van der Waals surface area contributed by atoms with Gasteiger partial charge in [-0.3, -0.25) is 0 Å². The first-order valence-electron chi connectivity index (χ1n) is 7.23. The molecule has 0 aliphatic carbocycles. The number of amides is 1. The zero-order chi connectivity index (χ0) is 14.3. The van der Waals surface area contributed by atoms with Crippen molar-refractivity contribution in [3.63, 3.8) is 0 Å². The molecule has 1 aliphatic heterocycles. The number of aliphatic hydroxyl groups is 1. The van der Waals surface area contributed by atoms with Crippen LogP contribution in [0, 0.1) is 0 Å². The second-order valence-electron chi connectivity index (χ2n) is 6.09. The van der Waals surface area contributed by atoms with E-state index in [2.05, 4.69) is 4.90 Å². The van der Waals surface area contributed by atoms with E-state index in [1.54, 1.807) is 4.90 Å². The molecule has 1 fully saturated rings. The molecule has 0 radical (unpaired) electrons. The average molecular weight is 272 g/mol. The van der Waals surface area contributed by atoms with E-state index in [0.717, 1.165) is 13.0 Å². The number of hydrogen-bond donors (Lipinski definition) is 1. The van der Waals surface area contributed by atoms with Gasteiger partial charge in [0, 0.05) is 13.1 Å². The van der Waals surface area contributed by atoms with Crippen molar-refractivity contribution < 1.29 is 14.6 Å². The standard InChI is InChI=1S/C14H28N2O3/c1-14(2,3)19-13(18)16(11-12-17)10-6-9-15-7-4-5-8-15/h17H,4-12H2,1-3H3. The summed E-state index contributed by atoms with van der Waals surface area (Å²) in [5.74, 6) is 0. The maximum Gasteiger partial charge on any atom is 0.410 e. The molecule has 19 heavy (non-hydrogen) atoms. The van der Waals surface area contributed by atoms with Gasteiger partial charge in [0.05, 0.1) is 6.61 Å². The predicted octanol–water partition coefficient (Wildman–Crippen LogP) is 1.70. The highest BCUT2D eigenvalue weighted by Gasteiger charge is 2.21. The zero-order valence-electron chi connectivity index (χ0n) is 12.5. The lowest BCUT2D eigenvalue weighted by molar-refractivity contribution is 0.0213. The van der Waals surface area contributed by atoms with Crippen molar-refractivity contribution in [2.24, 2.45) is 0 Å². The summed E-state index contributed by atoms with van der Waals surface area (Å²) in [7, 11) is 0. The molecule has 112 valence electrons. The minimum atomic E-state index is -0.486. The maximum absolute atomic E-state index is 12.0. The van der Waals surface area contributed by atoms with Gasteiger partial charge in [0.1, 0.15) is 5.60 Å². The third-order valence-corrected chi connectivity index (χ3v) is 3.12. The molecule has 0 unspecified atom stereocenters. The molecule has 0 aromatic rings. The van der Waals surface area contributed by atoms with Gasteiger partial charge < -0.3 is 19.6 Å². The van der Waals surface area contributed by atoms with Crippen LogP contribution in [-0.2, 0) is 4.74 Å². The van der Waals surface area contributed by atoms with Crippen LogP contribution in [-0.4, -0.2) is 65.9 Å². The predicted molar refractivity (Wildman–Crippen MR) is 75.2 cm³/mol. The van der Waals surface area contributed by atoms with Crippen LogP contribution < -0.4 is 0 Å². The first-order valence-corrected chi connectivity index (χ1v) is 7.23. The Labute approximate surface area is 116 Å². The SMILES string of the molecule is CC(C)(C)OC(=O)N(CCO)CCCN1CCCC1. The fraction of sp³-hybridized carbons (Fsp3) is 0.929. The van der Waals surface area contributed by atoms with Gasteiger partial charge in [-0.15, -0.1) is 0 Å². The molecular weight excluding hydrogens is 244 g/mol. The van der Waals surface area contributed by atoms with Crippen molar-refractivity contribution in [1.82, 2.24) is 9.80 Å². The molecule has 1 N–H and O–H groups in total. The Morgan fingerprint density at radius 3 is 2.42 bits per heavy atom. The molecule has 5 heteroatoms. The molecule has 0 spiro atoms. The monoisotopic (exact) mass is 272 g/mol. The maximum atomic E-state index is 12.0. The Morgan fingerprint density at radius 2 is 1.89 bits per heavy atom.